The third-order valence-corrected chi connectivity index (χ3v) is 8.92. The summed E-state index contributed by atoms with van der Waals surface area (Å²) in [5.74, 6) is 0.543. The molecule has 3 aliphatic rings. The van der Waals surface area contributed by atoms with Gasteiger partial charge in [-0.2, -0.15) is 5.26 Å². The Bertz CT molecular complexity index is 1350. The highest BCUT2D eigenvalue weighted by atomic mass is 16.3. The quantitative estimate of drug-likeness (QED) is 0.498. The maximum absolute atomic E-state index is 13.8. The van der Waals surface area contributed by atoms with Crippen LogP contribution < -0.4 is 5.32 Å². The normalized spacial score (nSPS) is 26.9. The number of rotatable bonds is 6. The molecule has 2 amide bonds. The van der Waals surface area contributed by atoms with Crippen molar-refractivity contribution in [2.24, 2.45) is 5.92 Å². The lowest BCUT2D eigenvalue weighted by atomic mass is 9.80. The van der Waals surface area contributed by atoms with E-state index in [1.54, 1.807) is 0 Å². The zero-order valence-corrected chi connectivity index (χ0v) is 21.1. The van der Waals surface area contributed by atoms with E-state index in [4.69, 9.17) is 0 Å². The first-order valence-corrected chi connectivity index (χ1v) is 13.5. The van der Waals surface area contributed by atoms with Crippen LogP contribution in [0.25, 0.3) is 10.8 Å². The van der Waals surface area contributed by atoms with Crippen molar-refractivity contribution in [3.63, 3.8) is 0 Å². The molecule has 2 aliphatic carbocycles. The van der Waals surface area contributed by atoms with Crippen molar-refractivity contribution in [2.45, 2.75) is 49.7 Å². The Morgan fingerprint density at radius 1 is 1.14 bits per heavy atom. The number of urea groups is 1. The summed E-state index contributed by atoms with van der Waals surface area (Å²) in [6.45, 7) is 2.99. The lowest BCUT2D eigenvalue weighted by Gasteiger charge is -2.37. The van der Waals surface area contributed by atoms with Crippen LogP contribution in [-0.4, -0.2) is 59.3 Å². The van der Waals surface area contributed by atoms with Crippen LogP contribution in [0.5, 0.6) is 0 Å². The molecule has 4 atom stereocenters. The van der Waals surface area contributed by atoms with Gasteiger partial charge in [-0.15, -0.1) is 0 Å². The topological polar surface area (TPSA) is 79.6 Å². The number of amides is 2. The van der Waals surface area contributed by atoms with Gasteiger partial charge in [0.15, 0.2) is 0 Å². The van der Waals surface area contributed by atoms with Crippen molar-refractivity contribution in [2.75, 3.05) is 31.5 Å². The summed E-state index contributed by atoms with van der Waals surface area (Å²) in [4.78, 5) is 18.1. The average molecular weight is 495 g/mol. The van der Waals surface area contributed by atoms with Gasteiger partial charge in [-0.25, -0.2) is 4.79 Å². The number of carbonyl (C=O) groups is 1. The minimum absolute atomic E-state index is 0.0410. The van der Waals surface area contributed by atoms with Gasteiger partial charge in [-0.3, -0.25) is 4.90 Å². The van der Waals surface area contributed by atoms with E-state index in [9.17, 15) is 15.2 Å². The number of aliphatic hydroxyl groups excluding tert-OH is 1. The summed E-state index contributed by atoms with van der Waals surface area (Å²) in [6, 6.07) is 24.7. The largest absolute Gasteiger partial charge is 0.392 e. The molecule has 37 heavy (non-hydrogen) atoms. The molecule has 6 nitrogen and oxygen atoms in total. The molecule has 3 aromatic carbocycles. The molecule has 6 rings (SSSR count). The smallest absolute Gasteiger partial charge is 0.322 e. The summed E-state index contributed by atoms with van der Waals surface area (Å²) < 4.78 is 0. The number of hydrogen-bond acceptors (Lipinski definition) is 4. The van der Waals surface area contributed by atoms with Crippen LogP contribution in [0, 0.1) is 17.2 Å². The molecule has 4 unspecified atom stereocenters. The van der Waals surface area contributed by atoms with Crippen LogP contribution >= 0.6 is 0 Å². The van der Waals surface area contributed by atoms with Crippen LogP contribution in [-0.2, 0) is 5.41 Å². The molecule has 6 heteroatoms. The maximum Gasteiger partial charge on any atom is 0.322 e. The number of carbonyl (C=O) groups excluding carboxylic acids is 1. The molecule has 0 spiro atoms. The Labute approximate surface area is 218 Å². The van der Waals surface area contributed by atoms with Crippen LogP contribution in [0.3, 0.4) is 0 Å². The molecule has 3 fully saturated rings. The summed E-state index contributed by atoms with van der Waals surface area (Å²) in [6.07, 6.45) is 4.66. The van der Waals surface area contributed by atoms with E-state index < -0.39 is 0 Å². The van der Waals surface area contributed by atoms with E-state index >= 15 is 0 Å². The van der Waals surface area contributed by atoms with Crippen LogP contribution in [0.15, 0.2) is 66.7 Å². The minimum Gasteiger partial charge on any atom is -0.392 e. The number of hydrogen-bond donors (Lipinski definition) is 2. The van der Waals surface area contributed by atoms with Crippen LogP contribution in [0.1, 0.15) is 43.2 Å². The molecular formula is C31H34N4O2. The van der Waals surface area contributed by atoms with E-state index in [0.717, 1.165) is 67.2 Å². The number of likely N-dealkylation sites (tertiary alicyclic amines) is 1. The predicted octanol–water partition coefficient (Wildman–Crippen LogP) is 5.12. The molecule has 2 saturated carbocycles. The van der Waals surface area contributed by atoms with Crippen molar-refractivity contribution < 1.29 is 9.90 Å². The number of β-amino-alcohol motifs (C(OH)–C–C–N with tert-alkyl or cyclic N) is 1. The van der Waals surface area contributed by atoms with Crippen LogP contribution in [0.2, 0.25) is 0 Å². The van der Waals surface area contributed by atoms with Gasteiger partial charge in [-0.05, 0) is 72.6 Å². The van der Waals surface area contributed by atoms with Crippen molar-refractivity contribution in [3.8, 4) is 6.07 Å². The summed E-state index contributed by atoms with van der Waals surface area (Å²) >= 11 is 0. The number of aliphatic hydroxyl groups is 1. The van der Waals surface area contributed by atoms with E-state index in [1.807, 2.05) is 36.4 Å². The standard InChI is InChI=1S/C31H34N4O2/c32-20-22-5-3-8-24(17-22)31-13-11-26(18-25(31)19-31)35(16-15-34-14-12-27(36)21-34)30(37)33-29-10-4-7-23-6-1-2-9-28(23)29/h1-10,17,25-27,36H,11-16,18-19,21H2,(H,33,37). The molecule has 0 bridgehead atoms. The fraction of sp³-hybridized carbons (Fsp3) is 0.419. The van der Waals surface area contributed by atoms with Gasteiger partial charge >= 0.3 is 6.03 Å². The van der Waals surface area contributed by atoms with E-state index in [1.165, 1.54) is 5.56 Å². The van der Waals surface area contributed by atoms with Gasteiger partial charge < -0.3 is 15.3 Å². The lowest BCUT2D eigenvalue weighted by molar-refractivity contribution is 0.142. The lowest BCUT2D eigenvalue weighted by Crippen LogP contribution is -2.48. The first kappa shape index (κ1) is 24.0. The monoisotopic (exact) mass is 494 g/mol. The molecule has 190 valence electrons. The minimum atomic E-state index is -0.260. The first-order chi connectivity index (χ1) is 18.1. The van der Waals surface area contributed by atoms with Crippen molar-refractivity contribution in [1.29, 1.82) is 5.26 Å². The van der Waals surface area contributed by atoms with E-state index in [0.29, 0.717) is 19.0 Å². The second-order valence-corrected chi connectivity index (χ2v) is 11.1. The summed E-state index contributed by atoms with van der Waals surface area (Å²) in [7, 11) is 0. The number of anilines is 1. The third-order valence-electron chi connectivity index (χ3n) is 8.92. The molecular weight excluding hydrogens is 460 g/mol. The molecule has 2 N–H and O–H groups in total. The summed E-state index contributed by atoms with van der Waals surface area (Å²) in [5, 5.41) is 24.7. The Morgan fingerprint density at radius 3 is 2.78 bits per heavy atom. The average Bonchev–Trinajstić information content (AvgIpc) is 3.53. The summed E-state index contributed by atoms with van der Waals surface area (Å²) in [5.41, 5.74) is 3.02. The zero-order chi connectivity index (χ0) is 25.4. The van der Waals surface area contributed by atoms with Gasteiger partial charge in [0.25, 0.3) is 0 Å². The fourth-order valence-corrected chi connectivity index (χ4v) is 6.78. The van der Waals surface area contributed by atoms with Gasteiger partial charge in [0, 0.05) is 37.6 Å². The molecule has 3 aromatic rings. The predicted molar refractivity (Wildman–Crippen MR) is 145 cm³/mol. The molecule has 0 aromatic heterocycles. The van der Waals surface area contributed by atoms with E-state index in [2.05, 4.69) is 51.5 Å². The molecule has 1 saturated heterocycles. The van der Waals surface area contributed by atoms with Crippen molar-refractivity contribution >= 4 is 22.5 Å². The highest BCUT2D eigenvalue weighted by molar-refractivity contribution is 6.01. The first-order valence-electron chi connectivity index (χ1n) is 13.5. The van der Waals surface area contributed by atoms with Gasteiger partial charge in [0.2, 0.25) is 0 Å². The highest BCUT2D eigenvalue weighted by Crippen LogP contribution is 2.62. The second kappa shape index (κ2) is 9.81. The number of nitrogens with one attached hydrogen (secondary N) is 1. The number of nitrogens with zero attached hydrogens (tertiary/aromatic N) is 3. The Morgan fingerprint density at radius 2 is 1.97 bits per heavy atom. The van der Waals surface area contributed by atoms with Crippen molar-refractivity contribution in [3.05, 3.63) is 77.9 Å². The molecule has 0 radical (unpaired) electrons. The van der Waals surface area contributed by atoms with Crippen LogP contribution in [0.4, 0.5) is 10.5 Å². The van der Waals surface area contributed by atoms with Gasteiger partial charge in [0.1, 0.15) is 0 Å². The van der Waals surface area contributed by atoms with Crippen molar-refractivity contribution in [1.82, 2.24) is 9.80 Å². The highest BCUT2D eigenvalue weighted by Gasteiger charge is 2.58. The third kappa shape index (κ3) is 4.70. The number of nitriles is 1. The Hall–Kier alpha value is -3.40. The number of fused-ring (bicyclic) bond motifs is 2. The zero-order valence-electron chi connectivity index (χ0n) is 21.1. The van der Waals surface area contributed by atoms with Gasteiger partial charge in [0.05, 0.1) is 23.4 Å². The molecule has 1 heterocycles. The SMILES string of the molecule is N#Cc1cccc(C23CCC(N(CCN4CCC(O)C4)C(=O)Nc4cccc5ccccc45)CC2C3)c1. The van der Waals surface area contributed by atoms with E-state index in [-0.39, 0.29) is 23.6 Å². The van der Waals surface area contributed by atoms with Gasteiger partial charge in [-0.1, -0.05) is 48.5 Å². The second-order valence-electron chi connectivity index (χ2n) is 11.1. The molecule has 1 aliphatic heterocycles. The fourth-order valence-electron chi connectivity index (χ4n) is 6.78. The maximum atomic E-state index is 13.8. The Kier molecular flexibility index (Phi) is 6.36. The number of benzene rings is 3. The Balaban J connectivity index is 1.20.